The second-order valence-corrected chi connectivity index (χ2v) is 5.76. The molecule has 0 unspecified atom stereocenters. The molecule has 0 bridgehead atoms. The van der Waals surface area contributed by atoms with Gasteiger partial charge in [0.1, 0.15) is 29.5 Å². The van der Waals surface area contributed by atoms with Crippen LogP contribution in [0.2, 0.25) is 0 Å². The highest BCUT2D eigenvalue weighted by Crippen LogP contribution is 2.14. The highest BCUT2D eigenvalue weighted by Gasteiger charge is 2.03. The Morgan fingerprint density at radius 1 is 0.962 bits per heavy atom. The summed E-state index contributed by atoms with van der Waals surface area (Å²) in [5.74, 6) is 1.99. The summed E-state index contributed by atoms with van der Waals surface area (Å²) >= 11 is 0. The van der Waals surface area contributed by atoms with Crippen LogP contribution in [0.5, 0.6) is 5.75 Å². The Kier molecular flexibility index (Phi) is 5.98. The van der Waals surface area contributed by atoms with Gasteiger partial charge in [-0.2, -0.15) is 0 Å². The molecule has 1 heterocycles. The van der Waals surface area contributed by atoms with Gasteiger partial charge in [-0.15, -0.1) is 0 Å². The number of hydrogen-bond donors (Lipinski definition) is 2. The van der Waals surface area contributed by atoms with Crippen LogP contribution in [-0.2, 0) is 13.0 Å². The Morgan fingerprint density at radius 3 is 2.58 bits per heavy atom. The topological polar surface area (TPSA) is 59.1 Å². The van der Waals surface area contributed by atoms with Gasteiger partial charge in [0, 0.05) is 24.7 Å². The predicted octanol–water partition coefficient (Wildman–Crippen LogP) is 3.89. The highest BCUT2D eigenvalue weighted by molar-refractivity contribution is 5.47. The van der Waals surface area contributed by atoms with Gasteiger partial charge in [0.2, 0.25) is 0 Å². The fourth-order valence-electron chi connectivity index (χ4n) is 2.54. The zero-order valence-corrected chi connectivity index (χ0v) is 14.6. The molecule has 0 atom stereocenters. The van der Waals surface area contributed by atoms with Gasteiger partial charge < -0.3 is 15.4 Å². The van der Waals surface area contributed by atoms with Crippen LogP contribution in [0.3, 0.4) is 0 Å². The lowest BCUT2D eigenvalue weighted by Gasteiger charge is -2.09. The normalized spacial score (nSPS) is 10.4. The second-order valence-electron chi connectivity index (χ2n) is 5.76. The molecule has 5 nitrogen and oxygen atoms in total. The number of aromatic nitrogens is 2. The number of nitrogens with one attached hydrogen (secondary N) is 2. The van der Waals surface area contributed by atoms with Crippen LogP contribution < -0.4 is 15.4 Å². The van der Waals surface area contributed by atoms with Crippen molar-refractivity contribution in [1.29, 1.82) is 0 Å². The van der Waals surface area contributed by atoms with Crippen molar-refractivity contribution in [1.82, 2.24) is 9.97 Å². The third-order valence-corrected chi connectivity index (χ3v) is 3.94. The molecule has 2 aromatic carbocycles. The van der Waals surface area contributed by atoms with E-state index in [4.69, 9.17) is 4.74 Å². The molecular weight excluding hydrogens is 331 g/mol. The SMILES string of the molecule is COc1cccc(CCNc2cc(NCc3ccccc3F)ncn2)c1. The van der Waals surface area contributed by atoms with E-state index in [0.29, 0.717) is 17.9 Å². The maximum atomic E-state index is 13.7. The Hall–Kier alpha value is -3.15. The van der Waals surface area contributed by atoms with E-state index < -0.39 is 0 Å². The average molecular weight is 352 g/mol. The number of anilines is 2. The van der Waals surface area contributed by atoms with Gasteiger partial charge in [-0.25, -0.2) is 14.4 Å². The van der Waals surface area contributed by atoms with Gasteiger partial charge in [-0.1, -0.05) is 30.3 Å². The maximum absolute atomic E-state index is 13.7. The van der Waals surface area contributed by atoms with Crippen molar-refractivity contribution in [3.8, 4) is 5.75 Å². The fraction of sp³-hybridized carbons (Fsp3) is 0.200. The van der Waals surface area contributed by atoms with Gasteiger partial charge in [-0.05, 0) is 30.2 Å². The molecule has 0 aliphatic carbocycles. The first-order chi connectivity index (χ1) is 12.7. The second kappa shape index (κ2) is 8.80. The summed E-state index contributed by atoms with van der Waals surface area (Å²) in [6.45, 7) is 1.10. The predicted molar refractivity (Wildman–Crippen MR) is 101 cm³/mol. The minimum absolute atomic E-state index is 0.231. The summed E-state index contributed by atoms with van der Waals surface area (Å²) in [7, 11) is 1.66. The fourth-order valence-corrected chi connectivity index (χ4v) is 2.54. The molecule has 0 radical (unpaired) electrons. The number of rotatable bonds is 8. The van der Waals surface area contributed by atoms with E-state index in [1.165, 1.54) is 18.0 Å². The monoisotopic (exact) mass is 352 g/mol. The number of halogens is 1. The molecule has 0 spiro atoms. The van der Waals surface area contributed by atoms with Gasteiger partial charge in [0.25, 0.3) is 0 Å². The minimum atomic E-state index is -0.231. The van der Waals surface area contributed by atoms with Crippen molar-refractivity contribution in [3.63, 3.8) is 0 Å². The molecule has 0 aliphatic heterocycles. The highest BCUT2D eigenvalue weighted by atomic mass is 19.1. The number of nitrogens with zero attached hydrogens (tertiary/aromatic N) is 2. The van der Waals surface area contributed by atoms with Crippen molar-refractivity contribution < 1.29 is 9.13 Å². The summed E-state index contributed by atoms with van der Waals surface area (Å²) < 4.78 is 18.9. The van der Waals surface area contributed by atoms with Crippen LogP contribution in [-0.4, -0.2) is 23.6 Å². The van der Waals surface area contributed by atoms with E-state index in [1.54, 1.807) is 19.2 Å². The molecule has 0 saturated heterocycles. The zero-order valence-electron chi connectivity index (χ0n) is 14.6. The van der Waals surface area contributed by atoms with E-state index in [1.807, 2.05) is 30.3 Å². The van der Waals surface area contributed by atoms with Gasteiger partial charge in [0.05, 0.1) is 7.11 Å². The molecule has 3 rings (SSSR count). The van der Waals surface area contributed by atoms with Gasteiger partial charge in [-0.3, -0.25) is 0 Å². The van der Waals surface area contributed by atoms with E-state index in [0.717, 1.165) is 24.5 Å². The van der Waals surface area contributed by atoms with Crippen LogP contribution in [0.25, 0.3) is 0 Å². The van der Waals surface area contributed by atoms with E-state index in [-0.39, 0.29) is 5.82 Å². The summed E-state index contributed by atoms with van der Waals surface area (Å²) in [6.07, 6.45) is 2.33. The van der Waals surface area contributed by atoms with Crippen molar-refractivity contribution in [2.75, 3.05) is 24.3 Å². The van der Waals surface area contributed by atoms with Crippen LogP contribution in [0.4, 0.5) is 16.0 Å². The van der Waals surface area contributed by atoms with Crippen LogP contribution in [0.1, 0.15) is 11.1 Å². The molecule has 134 valence electrons. The number of benzene rings is 2. The van der Waals surface area contributed by atoms with Crippen molar-refractivity contribution in [3.05, 3.63) is 77.9 Å². The molecule has 26 heavy (non-hydrogen) atoms. The summed E-state index contributed by atoms with van der Waals surface area (Å²) in [5, 5.41) is 6.39. The first-order valence-corrected chi connectivity index (χ1v) is 8.41. The van der Waals surface area contributed by atoms with Crippen LogP contribution in [0.15, 0.2) is 60.9 Å². The van der Waals surface area contributed by atoms with E-state index in [9.17, 15) is 4.39 Å². The smallest absolute Gasteiger partial charge is 0.131 e. The number of hydrogen-bond acceptors (Lipinski definition) is 5. The van der Waals surface area contributed by atoms with Crippen molar-refractivity contribution in [2.45, 2.75) is 13.0 Å². The summed E-state index contributed by atoms with van der Waals surface area (Å²) in [4.78, 5) is 8.39. The Labute approximate surface area is 152 Å². The Balaban J connectivity index is 1.53. The largest absolute Gasteiger partial charge is 0.497 e. The van der Waals surface area contributed by atoms with Crippen molar-refractivity contribution in [2.24, 2.45) is 0 Å². The van der Waals surface area contributed by atoms with Crippen LogP contribution >= 0.6 is 0 Å². The zero-order chi connectivity index (χ0) is 18.2. The third-order valence-electron chi connectivity index (χ3n) is 3.94. The first kappa shape index (κ1) is 17.7. The quantitative estimate of drug-likeness (QED) is 0.644. The molecule has 0 aliphatic rings. The minimum Gasteiger partial charge on any atom is -0.497 e. The number of ether oxygens (including phenoxy) is 1. The average Bonchev–Trinajstić information content (AvgIpc) is 2.68. The molecule has 0 fully saturated rings. The van der Waals surface area contributed by atoms with E-state index >= 15 is 0 Å². The maximum Gasteiger partial charge on any atom is 0.131 e. The molecule has 2 N–H and O–H groups in total. The molecule has 6 heteroatoms. The Morgan fingerprint density at radius 2 is 1.77 bits per heavy atom. The lowest BCUT2D eigenvalue weighted by Crippen LogP contribution is -2.08. The van der Waals surface area contributed by atoms with Gasteiger partial charge >= 0.3 is 0 Å². The Bertz CT molecular complexity index is 856. The number of methoxy groups -OCH3 is 1. The van der Waals surface area contributed by atoms with Crippen molar-refractivity contribution >= 4 is 11.6 Å². The molecule has 1 aromatic heterocycles. The summed E-state index contributed by atoms with van der Waals surface area (Å²) in [6, 6.07) is 16.5. The lowest BCUT2D eigenvalue weighted by molar-refractivity contribution is 0.414. The summed E-state index contributed by atoms with van der Waals surface area (Å²) in [5.41, 5.74) is 1.78. The van der Waals surface area contributed by atoms with Crippen LogP contribution in [0, 0.1) is 5.82 Å². The third kappa shape index (κ3) is 4.92. The van der Waals surface area contributed by atoms with Gasteiger partial charge in [0.15, 0.2) is 0 Å². The molecular formula is C20H21FN4O. The standard InChI is InChI=1S/C20H21FN4O/c1-26-17-7-4-5-15(11-17)9-10-22-19-12-20(25-14-24-19)23-13-16-6-2-3-8-18(16)21/h2-8,11-12,14H,9-10,13H2,1H3,(H2,22,23,24,25). The lowest BCUT2D eigenvalue weighted by atomic mass is 10.1. The first-order valence-electron chi connectivity index (χ1n) is 8.41. The molecule has 0 saturated carbocycles. The molecule has 3 aromatic rings. The van der Waals surface area contributed by atoms with E-state index in [2.05, 4.69) is 26.7 Å². The molecule has 0 amide bonds.